The van der Waals surface area contributed by atoms with Crippen LogP contribution in [0, 0.1) is 11.3 Å². The Kier molecular flexibility index (Phi) is 5.11. The van der Waals surface area contributed by atoms with E-state index in [1.807, 2.05) is 36.6 Å². The lowest BCUT2D eigenvalue weighted by Gasteiger charge is -2.18. The minimum absolute atomic E-state index is 0.136. The first kappa shape index (κ1) is 15.0. The molecule has 0 bridgehead atoms. The normalized spacial score (nSPS) is 11.7. The number of thioether (sulfide) groups is 1. The molecular weight excluding hydrogens is 332 g/mol. The molecule has 0 fully saturated rings. The molecule has 20 heavy (non-hydrogen) atoms. The fourth-order valence-electron chi connectivity index (χ4n) is 2.03. The molecule has 0 aliphatic heterocycles. The highest BCUT2D eigenvalue weighted by atomic mass is 79.9. The second-order valence-electron chi connectivity index (χ2n) is 4.42. The molecule has 0 amide bonds. The largest absolute Gasteiger partial charge is 0.377 e. The van der Waals surface area contributed by atoms with E-state index in [0.717, 1.165) is 15.1 Å². The Labute approximate surface area is 132 Å². The van der Waals surface area contributed by atoms with Crippen molar-refractivity contribution >= 4 is 33.4 Å². The molecule has 0 saturated carbocycles. The highest BCUT2D eigenvalue weighted by Crippen LogP contribution is 2.29. The molecule has 1 N–H and O–H groups in total. The Balaban J connectivity index is 2.28. The van der Waals surface area contributed by atoms with Gasteiger partial charge in [0, 0.05) is 15.4 Å². The van der Waals surface area contributed by atoms with Crippen LogP contribution in [0.4, 0.5) is 5.69 Å². The Bertz CT molecular complexity index is 649. The molecule has 1 atom stereocenters. The summed E-state index contributed by atoms with van der Waals surface area (Å²) in [6.45, 7) is 2.09. The Hall–Kier alpha value is -1.44. The van der Waals surface area contributed by atoms with E-state index >= 15 is 0 Å². The molecule has 2 rings (SSSR count). The predicted octanol–water partition coefficient (Wildman–Crippen LogP) is 5.22. The van der Waals surface area contributed by atoms with Gasteiger partial charge in [0.15, 0.2) is 0 Å². The van der Waals surface area contributed by atoms with Crippen molar-refractivity contribution in [3.05, 3.63) is 58.1 Å². The van der Waals surface area contributed by atoms with Crippen LogP contribution in [0.3, 0.4) is 0 Å². The van der Waals surface area contributed by atoms with Crippen molar-refractivity contribution in [2.45, 2.75) is 17.9 Å². The first-order valence-electron chi connectivity index (χ1n) is 6.25. The number of benzene rings is 2. The number of halogens is 1. The van der Waals surface area contributed by atoms with Gasteiger partial charge in [-0.1, -0.05) is 34.1 Å². The summed E-state index contributed by atoms with van der Waals surface area (Å²) >= 11 is 5.07. The number of hydrogen-bond donors (Lipinski definition) is 1. The van der Waals surface area contributed by atoms with Crippen molar-refractivity contribution in [3.8, 4) is 6.07 Å². The smallest absolute Gasteiger partial charge is 0.102 e. The molecule has 0 saturated heterocycles. The van der Waals surface area contributed by atoms with E-state index in [4.69, 9.17) is 0 Å². The lowest BCUT2D eigenvalue weighted by atomic mass is 10.1. The Morgan fingerprint density at radius 3 is 2.65 bits per heavy atom. The maximum absolute atomic E-state index is 9.35. The SMILES string of the molecule is CSc1cccc(NC(C)c2cccc(Br)c2)c1C#N. The van der Waals surface area contributed by atoms with E-state index in [1.54, 1.807) is 11.8 Å². The molecule has 1 unspecified atom stereocenters. The number of rotatable bonds is 4. The lowest BCUT2D eigenvalue weighted by Crippen LogP contribution is -2.08. The van der Waals surface area contributed by atoms with Gasteiger partial charge in [-0.3, -0.25) is 0 Å². The standard InChI is InChI=1S/C16H15BrN2S/c1-11(12-5-3-6-13(17)9-12)19-15-7-4-8-16(20-2)14(15)10-18/h3-9,11,19H,1-2H3. The van der Waals surface area contributed by atoms with Gasteiger partial charge in [0.05, 0.1) is 11.3 Å². The third-order valence-corrected chi connectivity index (χ3v) is 4.35. The second kappa shape index (κ2) is 6.83. The highest BCUT2D eigenvalue weighted by molar-refractivity contribution is 9.10. The minimum Gasteiger partial charge on any atom is -0.377 e. The van der Waals surface area contributed by atoms with Crippen molar-refractivity contribution in [3.63, 3.8) is 0 Å². The zero-order valence-electron chi connectivity index (χ0n) is 11.4. The lowest BCUT2D eigenvalue weighted by molar-refractivity contribution is 0.882. The van der Waals surface area contributed by atoms with Gasteiger partial charge in [0.1, 0.15) is 6.07 Å². The molecule has 0 aliphatic rings. The highest BCUT2D eigenvalue weighted by Gasteiger charge is 2.11. The van der Waals surface area contributed by atoms with Gasteiger partial charge < -0.3 is 5.32 Å². The molecular formula is C16H15BrN2S. The molecule has 0 aromatic heterocycles. The van der Waals surface area contributed by atoms with E-state index < -0.39 is 0 Å². The van der Waals surface area contributed by atoms with Crippen LogP contribution in [0.25, 0.3) is 0 Å². The molecule has 2 aromatic rings. The van der Waals surface area contributed by atoms with Crippen molar-refractivity contribution in [2.75, 3.05) is 11.6 Å². The first-order valence-corrected chi connectivity index (χ1v) is 8.26. The van der Waals surface area contributed by atoms with Crippen LogP contribution in [-0.2, 0) is 0 Å². The van der Waals surface area contributed by atoms with Gasteiger partial charge in [-0.05, 0) is 43.0 Å². The van der Waals surface area contributed by atoms with Gasteiger partial charge in [0.25, 0.3) is 0 Å². The third kappa shape index (κ3) is 3.36. The summed E-state index contributed by atoms with van der Waals surface area (Å²) in [7, 11) is 0. The number of nitrogens with zero attached hydrogens (tertiary/aromatic N) is 1. The molecule has 0 aliphatic carbocycles. The number of hydrogen-bond acceptors (Lipinski definition) is 3. The van der Waals surface area contributed by atoms with Gasteiger partial charge >= 0.3 is 0 Å². The summed E-state index contributed by atoms with van der Waals surface area (Å²) in [4.78, 5) is 0.999. The van der Waals surface area contributed by atoms with Crippen LogP contribution < -0.4 is 5.32 Å². The van der Waals surface area contributed by atoms with Crippen LogP contribution in [0.2, 0.25) is 0 Å². The number of nitrogens with one attached hydrogen (secondary N) is 1. The fraction of sp³-hybridized carbons (Fsp3) is 0.188. The van der Waals surface area contributed by atoms with Crippen molar-refractivity contribution in [1.82, 2.24) is 0 Å². The zero-order valence-corrected chi connectivity index (χ0v) is 13.8. The van der Waals surface area contributed by atoms with Crippen molar-refractivity contribution in [1.29, 1.82) is 5.26 Å². The molecule has 0 heterocycles. The quantitative estimate of drug-likeness (QED) is 0.771. The third-order valence-electron chi connectivity index (χ3n) is 3.08. The van der Waals surface area contributed by atoms with Crippen LogP contribution in [-0.4, -0.2) is 6.26 Å². The Morgan fingerprint density at radius 2 is 2.00 bits per heavy atom. The average Bonchev–Trinajstić information content (AvgIpc) is 2.46. The second-order valence-corrected chi connectivity index (χ2v) is 6.18. The number of nitriles is 1. The van der Waals surface area contributed by atoms with E-state index in [9.17, 15) is 5.26 Å². The summed E-state index contributed by atoms with van der Waals surface area (Å²) in [6.07, 6.45) is 1.98. The van der Waals surface area contributed by atoms with Crippen LogP contribution in [0.15, 0.2) is 51.8 Å². The summed E-state index contributed by atoms with van der Waals surface area (Å²) in [5.74, 6) is 0. The average molecular weight is 347 g/mol. The van der Waals surface area contributed by atoms with Crippen LogP contribution in [0.5, 0.6) is 0 Å². The van der Waals surface area contributed by atoms with Crippen LogP contribution >= 0.6 is 27.7 Å². The molecule has 2 aromatic carbocycles. The van der Waals surface area contributed by atoms with Gasteiger partial charge in [-0.15, -0.1) is 11.8 Å². The summed E-state index contributed by atoms with van der Waals surface area (Å²) in [5.41, 5.74) is 2.77. The maximum Gasteiger partial charge on any atom is 0.102 e. The van der Waals surface area contributed by atoms with Crippen molar-refractivity contribution in [2.24, 2.45) is 0 Å². The van der Waals surface area contributed by atoms with Gasteiger partial charge in [-0.2, -0.15) is 5.26 Å². The van der Waals surface area contributed by atoms with Gasteiger partial charge in [-0.25, -0.2) is 0 Å². The maximum atomic E-state index is 9.35. The molecule has 0 radical (unpaired) electrons. The molecule has 0 spiro atoms. The van der Waals surface area contributed by atoms with Crippen molar-refractivity contribution < 1.29 is 0 Å². The monoisotopic (exact) mass is 346 g/mol. The van der Waals surface area contributed by atoms with Gasteiger partial charge in [0.2, 0.25) is 0 Å². The van der Waals surface area contributed by atoms with Crippen LogP contribution in [0.1, 0.15) is 24.1 Å². The zero-order chi connectivity index (χ0) is 14.5. The molecule has 2 nitrogen and oxygen atoms in total. The summed E-state index contributed by atoms with van der Waals surface area (Å²) in [5, 5.41) is 12.8. The molecule has 102 valence electrons. The van der Waals surface area contributed by atoms with E-state index in [1.165, 1.54) is 5.56 Å². The molecule has 4 heteroatoms. The topological polar surface area (TPSA) is 35.8 Å². The first-order chi connectivity index (χ1) is 9.65. The Morgan fingerprint density at radius 1 is 1.25 bits per heavy atom. The minimum atomic E-state index is 0.136. The van der Waals surface area contributed by atoms with E-state index in [2.05, 4.69) is 46.4 Å². The summed E-state index contributed by atoms with van der Waals surface area (Å²) < 4.78 is 1.06. The number of anilines is 1. The fourth-order valence-corrected chi connectivity index (χ4v) is 3.02. The van der Waals surface area contributed by atoms with E-state index in [0.29, 0.717) is 5.56 Å². The van der Waals surface area contributed by atoms with E-state index in [-0.39, 0.29) is 6.04 Å². The summed E-state index contributed by atoms with van der Waals surface area (Å²) in [6, 6.07) is 16.5. The predicted molar refractivity (Wildman–Crippen MR) is 89.1 cm³/mol.